The Bertz CT molecular complexity index is 397. The summed E-state index contributed by atoms with van der Waals surface area (Å²) in [4.78, 5) is 15.6. The van der Waals surface area contributed by atoms with Crippen molar-refractivity contribution in [2.45, 2.75) is 23.8 Å². The largest absolute Gasteiger partial charge is 0.349 e. The number of nitrogens with zero attached hydrogens (tertiary/aromatic N) is 1. The SMILES string of the molecule is CSc1ccc(C(=O)NC2CCN(C)CC2)cc1. The maximum Gasteiger partial charge on any atom is 0.251 e. The third kappa shape index (κ3) is 3.50. The maximum atomic E-state index is 12.1. The Morgan fingerprint density at radius 3 is 2.44 bits per heavy atom. The molecule has 1 N–H and O–H groups in total. The van der Waals surface area contributed by atoms with Crippen molar-refractivity contribution in [1.29, 1.82) is 0 Å². The summed E-state index contributed by atoms with van der Waals surface area (Å²) in [5.41, 5.74) is 0.756. The predicted octanol–water partition coefficient (Wildman–Crippen LogP) is 2.23. The second kappa shape index (κ2) is 6.25. The van der Waals surface area contributed by atoms with Gasteiger partial charge in [-0.2, -0.15) is 0 Å². The van der Waals surface area contributed by atoms with E-state index < -0.39 is 0 Å². The van der Waals surface area contributed by atoms with Gasteiger partial charge in [0, 0.05) is 16.5 Å². The van der Waals surface area contributed by atoms with Gasteiger partial charge in [0.2, 0.25) is 0 Å². The number of nitrogens with one attached hydrogen (secondary N) is 1. The van der Waals surface area contributed by atoms with Gasteiger partial charge >= 0.3 is 0 Å². The molecule has 98 valence electrons. The molecular formula is C14H20N2OS. The molecule has 1 aliphatic rings. The first-order valence-electron chi connectivity index (χ1n) is 6.32. The normalized spacial score (nSPS) is 17.7. The number of amides is 1. The smallest absolute Gasteiger partial charge is 0.251 e. The van der Waals surface area contributed by atoms with Crippen molar-refractivity contribution < 1.29 is 4.79 Å². The molecule has 1 aliphatic heterocycles. The molecule has 18 heavy (non-hydrogen) atoms. The molecule has 1 aromatic rings. The van der Waals surface area contributed by atoms with Crippen LogP contribution in [-0.4, -0.2) is 43.2 Å². The molecule has 1 saturated heterocycles. The first-order chi connectivity index (χ1) is 8.69. The quantitative estimate of drug-likeness (QED) is 0.850. The van der Waals surface area contributed by atoms with Crippen LogP contribution in [0.1, 0.15) is 23.2 Å². The van der Waals surface area contributed by atoms with Crippen LogP contribution >= 0.6 is 11.8 Å². The van der Waals surface area contributed by atoms with Gasteiger partial charge in [-0.15, -0.1) is 11.8 Å². The minimum absolute atomic E-state index is 0.0530. The molecule has 0 saturated carbocycles. The fraction of sp³-hybridized carbons (Fsp3) is 0.500. The second-order valence-electron chi connectivity index (χ2n) is 4.78. The molecule has 1 fully saturated rings. The first-order valence-corrected chi connectivity index (χ1v) is 7.55. The highest BCUT2D eigenvalue weighted by Gasteiger charge is 2.18. The van der Waals surface area contributed by atoms with E-state index in [1.54, 1.807) is 11.8 Å². The lowest BCUT2D eigenvalue weighted by Crippen LogP contribution is -2.43. The topological polar surface area (TPSA) is 32.3 Å². The third-order valence-electron chi connectivity index (χ3n) is 3.41. The molecule has 2 rings (SSSR count). The zero-order valence-corrected chi connectivity index (χ0v) is 11.8. The van der Waals surface area contributed by atoms with Crippen LogP contribution in [0.2, 0.25) is 0 Å². The molecule has 3 nitrogen and oxygen atoms in total. The molecule has 4 heteroatoms. The zero-order valence-electron chi connectivity index (χ0n) is 11.0. The minimum Gasteiger partial charge on any atom is -0.349 e. The molecule has 0 bridgehead atoms. The average molecular weight is 264 g/mol. The van der Waals surface area contributed by atoms with Crippen LogP contribution in [0.25, 0.3) is 0 Å². The van der Waals surface area contributed by atoms with Crippen molar-refractivity contribution in [1.82, 2.24) is 10.2 Å². The van der Waals surface area contributed by atoms with E-state index in [9.17, 15) is 4.79 Å². The lowest BCUT2D eigenvalue weighted by molar-refractivity contribution is 0.0917. The molecule has 0 atom stereocenters. The molecular weight excluding hydrogens is 244 g/mol. The van der Waals surface area contributed by atoms with E-state index in [4.69, 9.17) is 0 Å². The van der Waals surface area contributed by atoms with E-state index in [2.05, 4.69) is 17.3 Å². The monoisotopic (exact) mass is 264 g/mol. The number of hydrogen-bond acceptors (Lipinski definition) is 3. The Hall–Kier alpha value is -1.00. The third-order valence-corrected chi connectivity index (χ3v) is 4.15. The van der Waals surface area contributed by atoms with Crippen LogP contribution < -0.4 is 5.32 Å². The Morgan fingerprint density at radius 1 is 1.28 bits per heavy atom. The van der Waals surface area contributed by atoms with Gasteiger partial charge in [0.1, 0.15) is 0 Å². The number of benzene rings is 1. The Labute approximate surface area is 113 Å². The summed E-state index contributed by atoms with van der Waals surface area (Å²) >= 11 is 1.69. The number of carbonyl (C=O) groups excluding carboxylic acids is 1. The lowest BCUT2D eigenvalue weighted by atomic mass is 10.0. The van der Waals surface area contributed by atoms with Gasteiger partial charge < -0.3 is 10.2 Å². The van der Waals surface area contributed by atoms with Crippen molar-refractivity contribution in [3.05, 3.63) is 29.8 Å². The van der Waals surface area contributed by atoms with Crippen LogP contribution in [0.3, 0.4) is 0 Å². The predicted molar refractivity (Wildman–Crippen MR) is 76.2 cm³/mol. The average Bonchev–Trinajstić information content (AvgIpc) is 2.41. The van der Waals surface area contributed by atoms with Crippen LogP contribution in [0.15, 0.2) is 29.2 Å². The Morgan fingerprint density at radius 2 is 1.89 bits per heavy atom. The molecule has 1 aromatic carbocycles. The molecule has 1 amide bonds. The Kier molecular flexibility index (Phi) is 4.66. The van der Waals surface area contributed by atoms with Crippen LogP contribution in [0.4, 0.5) is 0 Å². The lowest BCUT2D eigenvalue weighted by Gasteiger charge is -2.29. The van der Waals surface area contributed by atoms with E-state index in [-0.39, 0.29) is 5.91 Å². The fourth-order valence-electron chi connectivity index (χ4n) is 2.16. The van der Waals surface area contributed by atoms with Crippen molar-refractivity contribution >= 4 is 17.7 Å². The number of rotatable bonds is 3. The van der Waals surface area contributed by atoms with Gasteiger partial charge in [0.15, 0.2) is 0 Å². The number of piperidine rings is 1. The summed E-state index contributed by atoms with van der Waals surface area (Å²) in [5, 5.41) is 3.12. The zero-order chi connectivity index (χ0) is 13.0. The second-order valence-corrected chi connectivity index (χ2v) is 5.66. The van der Waals surface area contributed by atoms with Crippen LogP contribution in [0.5, 0.6) is 0 Å². The first kappa shape index (κ1) is 13.4. The van der Waals surface area contributed by atoms with E-state index in [0.717, 1.165) is 31.5 Å². The Balaban J connectivity index is 1.90. The number of hydrogen-bond donors (Lipinski definition) is 1. The van der Waals surface area contributed by atoms with Crippen molar-refractivity contribution in [2.24, 2.45) is 0 Å². The molecule has 0 unspecified atom stereocenters. The van der Waals surface area contributed by atoms with E-state index in [1.807, 2.05) is 30.5 Å². The van der Waals surface area contributed by atoms with E-state index in [1.165, 1.54) is 4.90 Å². The standard InChI is InChI=1S/C14H20N2OS/c1-16-9-7-12(8-10-16)15-14(17)11-3-5-13(18-2)6-4-11/h3-6,12H,7-10H2,1-2H3,(H,15,17). The van der Waals surface area contributed by atoms with Gasteiger partial charge in [0.25, 0.3) is 5.91 Å². The molecule has 0 aliphatic carbocycles. The molecule has 1 heterocycles. The highest BCUT2D eigenvalue weighted by Crippen LogP contribution is 2.15. The summed E-state index contributed by atoms with van der Waals surface area (Å²) in [6.45, 7) is 2.13. The molecule has 0 aromatic heterocycles. The van der Waals surface area contributed by atoms with E-state index in [0.29, 0.717) is 6.04 Å². The summed E-state index contributed by atoms with van der Waals surface area (Å²) < 4.78 is 0. The van der Waals surface area contributed by atoms with Gasteiger partial charge in [-0.05, 0) is 63.5 Å². The van der Waals surface area contributed by atoms with Crippen LogP contribution in [0, 0.1) is 0 Å². The minimum atomic E-state index is 0.0530. The van der Waals surface area contributed by atoms with Gasteiger partial charge in [-0.25, -0.2) is 0 Å². The van der Waals surface area contributed by atoms with Crippen molar-refractivity contribution in [3.63, 3.8) is 0 Å². The molecule has 0 radical (unpaired) electrons. The number of thioether (sulfide) groups is 1. The number of carbonyl (C=O) groups is 1. The summed E-state index contributed by atoms with van der Waals surface area (Å²) in [6, 6.07) is 8.11. The highest BCUT2D eigenvalue weighted by molar-refractivity contribution is 7.98. The number of likely N-dealkylation sites (tertiary alicyclic amines) is 1. The van der Waals surface area contributed by atoms with Crippen molar-refractivity contribution in [3.8, 4) is 0 Å². The van der Waals surface area contributed by atoms with Crippen LogP contribution in [-0.2, 0) is 0 Å². The summed E-state index contributed by atoms with van der Waals surface area (Å²) in [6.07, 6.45) is 4.13. The summed E-state index contributed by atoms with van der Waals surface area (Å²) in [5.74, 6) is 0.0530. The van der Waals surface area contributed by atoms with Gasteiger partial charge in [-0.1, -0.05) is 0 Å². The van der Waals surface area contributed by atoms with Gasteiger partial charge in [0.05, 0.1) is 0 Å². The molecule has 0 spiro atoms. The fourth-order valence-corrected chi connectivity index (χ4v) is 2.57. The maximum absolute atomic E-state index is 12.1. The van der Waals surface area contributed by atoms with Gasteiger partial charge in [-0.3, -0.25) is 4.79 Å². The van der Waals surface area contributed by atoms with E-state index >= 15 is 0 Å². The summed E-state index contributed by atoms with van der Waals surface area (Å²) in [7, 11) is 2.12. The highest BCUT2D eigenvalue weighted by atomic mass is 32.2. The van der Waals surface area contributed by atoms with Crippen molar-refractivity contribution in [2.75, 3.05) is 26.4 Å².